The average Bonchev–Trinajstić information content (AvgIpc) is 3.20. The first-order valence-corrected chi connectivity index (χ1v) is 14.5. The molecule has 1 aromatic carbocycles. The minimum absolute atomic E-state index is 0.0191. The first-order valence-electron chi connectivity index (χ1n) is 13.4. The summed E-state index contributed by atoms with van der Waals surface area (Å²) >= 11 is 0. The van der Waals surface area contributed by atoms with Gasteiger partial charge in [0.1, 0.15) is 18.5 Å². The number of anilines is 1. The molecule has 1 aliphatic rings. The van der Waals surface area contributed by atoms with Gasteiger partial charge in [0, 0.05) is 29.8 Å². The van der Waals surface area contributed by atoms with Crippen LogP contribution in [-0.4, -0.2) is 70.5 Å². The molecule has 0 aliphatic carbocycles. The molecule has 1 N–H and O–H groups in total. The van der Waals surface area contributed by atoms with E-state index in [-0.39, 0.29) is 37.7 Å². The third-order valence-corrected chi connectivity index (χ3v) is 8.43. The molecular formula is C27H35F3N5O6P. The summed E-state index contributed by atoms with van der Waals surface area (Å²) in [7, 11) is -1.67. The van der Waals surface area contributed by atoms with Crippen molar-refractivity contribution in [3.8, 4) is 0 Å². The monoisotopic (exact) mass is 613 g/mol. The van der Waals surface area contributed by atoms with Crippen LogP contribution in [0.5, 0.6) is 0 Å². The molecule has 11 nitrogen and oxygen atoms in total. The lowest BCUT2D eigenvalue weighted by Gasteiger charge is -2.36. The number of alkyl halides is 3. The number of ether oxygens (including phenoxy) is 2. The predicted molar refractivity (Wildman–Crippen MR) is 149 cm³/mol. The molecule has 42 heavy (non-hydrogen) atoms. The molecule has 15 heteroatoms. The zero-order valence-electron chi connectivity index (χ0n) is 23.9. The van der Waals surface area contributed by atoms with E-state index in [1.807, 2.05) is 32.4 Å². The van der Waals surface area contributed by atoms with Crippen LogP contribution < -0.4 is 11.0 Å². The Labute approximate surface area is 243 Å². The van der Waals surface area contributed by atoms with Crippen molar-refractivity contribution in [2.24, 2.45) is 5.92 Å². The summed E-state index contributed by atoms with van der Waals surface area (Å²) in [6, 6.07) is 9.57. The summed E-state index contributed by atoms with van der Waals surface area (Å²) in [6.45, 7) is 16.5. The van der Waals surface area contributed by atoms with E-state index in [1.165, 1.54) is 19.2 Å². The number of carbonyl (C=O) groups excluding carboxylic acids is 1. The van der Waals surface area contributed by atoms with E-state index in [4.69, 9.17) is 20.4 Å². The molecule has 1 saturated heterocycles. The lowest BCUT2D eigenvalue weighted by molar-refractivity contribution is -0.353. The van der Waals surface area contributed by atoms with Gasteiger partial charge in [-0.2, -0.15) is 4.98 Å². The van der Waals surface area contributed by atoms with E-state index in [1.54, 1.807) is 30.3 Å². The summed E-state index contributed by atoms with van der Waals surface area (Å²) in [5.74, 6) is -1.44. The normalized spacial score (nSPS) is 21.6. The maximum atomic E-state index is 13.4. The fourth-order valence-corrected chi connectivity index (χ4v) is 6.09. The van der Waals surface area contributed by atoms with E-state index in [9.17, 15) is 22.8 Å². The van der Waals surface area contributed by atoms with Crippen molar-refractivity contribution in [3.63, 3.8) is 0 Å². The lowest BCUT2D eigenvalue weighted by Crippen LogP contribution is -2.38. The molecule has 0 radical (unpaired) electrons. The molecular weight excluding hydrogens is 578 g/mol. The molecule has 2 heterocycles. The van der Waals surface area contributed by atoms with Gasteiger partial charge >= 0.3 is 12.1 Å². The first-order chi connectivity index (χ1) is 19.8. The average molecular weight is 614 g/mol. The van der Waals surface area contributed by atoms with E-state index in [2.05, 4.69) is 19.9 Å². The molecule has 1 unspecified atom stereocenters. The first kappa shape index (κ1) is 33.6. The molecule has 5 atom stereocenters. The Morgan fingerprint density at radius 3 is 2.43 bits per heavy atom. The van der Waals surface area contributed by atoms with Crippen LogP contribution in [0.2, 0.25) is 0 Å². The molecule has 0 spiro atoms. The largest absolute Gasteiger partial charge is 0.522 e. The van der Waals surface area contributed by atoms with Crippen LogP contribution in [0.4, 0.5) is 19.0 Å². The van der Waals surface area contributed by atoms with Gasteiger partial charge in [0.25, 0.3) is 14.4 Å². The number of rotatable bonds is 13. The Kier molecular flexibility index (Phi) is 12.0. The molecule has 2 aromatic rings. The Morgan fingerprint density at radius 1 is 1.19 bits per heavy atom. The SMILES string of the molecule is [C-]#[N+]CCOP(OC[C@H]1O[C@@H](n2ccc(NC(=O)c3ccccc3)nc2=O)[C@H](OC(F)(F)F)[C@@H]1C)N(C(C)C)C(C)C. The second kappa shape index (κ2) is 15.0. The van der Waals surface area contributed by atoms with Crippen LogP contribution in [0, 0.1) is 12.5 Å². The van der Waals surface area contributed by atoms with E-state index < -0.39 is 50.8 Å². The zero-order valence-corrected chi connectivity index (χ0v) is 24.8. The molecule has 1 aliphatic heterocycles. The van der Waals surface area contributed by atoms with Crippen molar-refractivity contribution < 1.29 is 36.5 Å². The number of hydrogen-bond acceptors (Lipinski definition) is 8. The van der Waals surface area contributed by atoms with Crippen molar-refractivity contribution in [3.05, 3.63) is 70.1 Å². The number of carbonyl (C=O) groups is 1. The Hall–Kier alpha value is -2.92. The number of aromatic nitrogens is 2. The fourth-order valence-electron chi connectivity index (χ4n) is 4.49. The molecule has 0 bridgehead atoms. The van der Waals surface area contributed by atoms with Gasteiger partial charge in [0.05, 0.1) is 12.7 Å². The van der Waals surface area contributed by atoms with Crippen molar-refractivity contribution in [1.82, 2.24) is 14.2 Å². The number of halogens is 3. The van der Waals surface area contributed by atoms with Crippen LogP contribution in [0.25, 0.3) is 4.85 Å². The highest BCUT2D eigenvalue weighted by atomic mass is 31.2. The smallest absolute Gasteiger partial charge is 0.349 e. The van der Waals surface area contributed by atoms with Crippen LogP contribution in [-0.2, 0) is 18.5 Å². The summed E-state index contributed by atoms with van der Waals surface area (Å²) in [5, 5.41) is 2.50. The van der Waals surface area contributed by atoms with Crippen molar-refractivity contribution in [2.75, 3.05) is 25.1 Å². The highest BCUT2D eigenvalue weighted by molar-refractivity contribution is 7.44. The number of nitrogens with one attached hydrogen (secondary N) is 1. The number of nitrogens with zero attached hydrogens (tertiary/aromatic N) is 4. The topological polar surface area (TPSA) is 109 Å². The molecule has 0 saturated carbocycles. The van der Waals surface area contributed by atoms with E-state index >= 15 is 0 Å². The third-order valence-electron chi connectivity index (χ3n) is 6.35. The van der Waals surface area contributed by atoms with Crippen LogP contribution >= 0.6 is 8.53 Å². The summed E-state index contributed by atoms with van der Waals surface area (Å²) in [4.78, 5) is 32.5. The van der Waals surface area contributed by atoms with Gasteiger partial charge in [-0.3, -0.25) is 14.1 Å². The maximum Gasteiger partial charge on any atom is 0.522 e. The highest BCUT2D eigenvalue weighted by Gasteiger charge is 2.50. The summed E-state index contributed by atoms with van der Waals surface area (Å²) < 4.78 is 65.5. The number of amides is 1. The third kappa shape index (κ3) is 9.04. The van der Waals surface area contributed by atoms with Crippen LogP contribution in [0.1, 0.15) is 51.2 Å². The lowest BCUT2D eigenvalue weighted by atomic mass is 10.0. The minimum Gasteiger partial charge on any atom is -0.349 e. The van der Waals surface area contributed by atoms with Crippen molar-refractivity contribution in [2.45, 2.75) is 71.5 Å². The number of hydrogen-bond donors (Lipinski definition) is 1. The molecule has 1 fully saturated rings. The second-order valence-electron chi connectivity index (χ2n) is 10.1. The molecule has 1 amide bonds. The summed E-state index contributed by atoms with van der Waals surface area (Å²) in [6.07, 6.45) is -7.78. The van der Waals surface area contributed by atoms with E-state index in [0.29, 0.717) is 5.56 Å². The van der Waals surface area contributed by atoms with Crippen LogP contribution in [0.3, 0.4) is 0 Å². The van der Waals surface area contributed by atoms with Gasteiger partial charge in [0.2, 0.25) is 6.54 Å². The molecule has 3 rings (SSSR count). The van der Waals surface area contributed by atoms with Gasteiger partial charge in [-0.25, -0.2) is 16.0 Å². The fraction of sp³-hybridized carbons (Fsp3) is 0.556. The standard InChI is InChI=1S/C27H35F3N5O6P/c1-17(2)35(18(3)4)42(38-15-13-31-6)39-16-21-19(5)23(41-27(28,29)30)25(40-21)34-14-12-22(33-26(34)37)32-24(36)20-10-8-7-9-11-20/h7-12,14,17-19,21,23,25H,13,15-16H2,1-5H3,(H,32,33,36,37)/t19-,21-,23-,25-,42?/m1/s1. The Bertz CT molecular complexity index is 1270. The Balaban J connectivity index is 1.81. The van der Waals surface area contributed by atoms with Crippen LogP contribution in [0.15, 0.2) is 47.4 Å². The van der Waals surface area contributed by atoms with Crippen molar-refractivity contribution >= 4 is 20.3 Å². The van der Waals surface area contributed by atoms with Gasteiger partial charge in [-0.1, -0.05) is 25.1 Å². The van der Waals surface area contributed by atoms with Gasteiger partial charge in [-0.05, 0) is 45.9 Å². The minimum atomic E-state index is -5.00. The van der Waals surface area contributed by atoms with Gasteiger partial charge < -0.3 is 23.9 Å². The molecule has 1 aromatic heterocycles. The quantitative estimate of drug-likeness (QED) is 0.186. The Morgan fingerprint density at radius 2 is 1.86 bits per heavy atom. The number of benzene rings is 1. The van der Waals surface area contributed by atoms with Crippen molar-refractivity contribution in [1.29, 1.82) is 0 Å². The zero-order chi connectivity index (χ0) is 31.0. The van der Waals surface area contributed by atoms with Gasteiger partial charge in [0.15, 0.2) is 6.23 Å². The van der Waals surface area contributed by atoms with E-state index in [0.717, 1.165) is 4.57 Å². The van der Waals surface area contributed by atoms with Gasteiger partial charge in [-0.15, -0.1) is 13.2 Å². The predicted octanol–water partition coefficient (Wildman–Crippen LogP) is 5.23. The maximum absolute atomic E-state index is 13.4. The highest BCUT2D eigenvalue weighted by Crippen LogP contribution is 2.47. The molecule has 230 valence electrons. The summed E-state index contributed by atoms with van der Waals surface area (Å²) in [5.41, 5.74) is -0.602. The second-order valence-corrected chi connectivity index (χ2v) is 11.5.